The van der Waals surface area contributed by atoms with Crippen molar-refractivity contribution in [1.29, 1.82) is 0 Å². The molecule has 27 heavy (non-hydrogen) atoms. The molecule has 0 bridgehead atoms. The molecule has 140 valence electrons. The minimum absolute atomic E-state index is 0.234. The lowest BCUT2D eigenvalue weighted by Gasteiger charge is -2.17. The molecule has 1 N–H and O–H groups in total. The van der Waals surface area contributed by atoms with Crippen LogP contribution in [0.2, 0.25) is 0 Å². The highest BCUT2D eigenvalue weighted by Gasteiger charge is 2.19. The molecule has 0 aliphatic heterocycles. The maximum absolute atomic E-state index is 13.2. The van der Waals surface area contributed by atoms with Crippen molar-refractivity contribution in [1.82, 2.24) is 9.97 Å². The number of hydrogen-bond acceptors (Lipinski definition) is 5. The van der Waals surface area contributed by atoms with Gasteiger partial charge < -0.3 is 15.0 Å². The van der Waals surface area contributed by atoms with Gasteiger partial charge in [0.25, 0.3) is 5.91 Å². The van der Waals surface area contributed by atoms with Crippen molar-refractivity contribution in [3.8, 4) is 5.75 Å². The van der Waals surface area contributed by atoms with Crippen LogP contribution >= 0.6 is 0 Å². The number of rotatable bonds is 5. The quantitative estimate of drug-likeness (QED) is 0.742. The summed E-state index contributed by atoms with van der Waals surface area (Å²) in [6.07, 6.45) is 0. The number of aryl methyl sites for hydroxylation is 2. The third-order valence-corrected chi connectivity index (χ3v) is 4.32. The molecule has 0 spiro atoms. The molecule has 0 saturated heterocycles. The average Bonchev–Trinajstić information content (AvgIpc) is 2.64. The Morgan fingerprint density at radius 1 is 1.07 bits per heavy atom. The number of carbonyl (C=O) groups is 1. The number of ether oxygens (including phenoxy) is 1. The van der Waals surface area contributed by atoms with Crippen LogP contribution in [-0.2, 0) is 0 Å². The van der Waals surface area contributed by atoms with E-state index in [1.807, 2.05) is 76.2 Å². The third-order valence-electron chi connectivity index (χ3n) is 4.32. The molecule has 0 aliphatic carbocycles. The van der Waals surface area contributed by atoms with E-state index < -0.39 is 0 Å². The third kappa shape index (κ3) is 3.69. The van der Waals surface area contributed by atoms with Crippen LogP contribution < -0.4 is 15.0 Å². The molecule has 1 heterocycles. The average molecular weight is 364 g/mol. The van der Waals surface area contributed by atoms with Crippen LogP contribution in [0.5, 0.6) is 5.75 Å². The minimum Gasteiger partial charge on any atom is -0.493 e. The summed E-state index contributed by atoms with van der Waals surface area (Å²) in [4.78, 5) is 24.0. The van der Waals surface area contributed by atoms with Crippen molar-refractivity contribution in [3.05, 3.63) is 53.3 Å². The SMILES string of the molecule is CCOc1ccc2ccccc2c1C(=O)Nc1c(C)nc(N(C)C)nc1C. The van der Waals surface area contributed by atoms with E-state index >= 15 is 0 Å². The lowest BCUT2D eigenvalue weighted by atomic mass is 10.0. The van der Waals surface area contributed by atoms with Gasteiger partial charge in [0.05, 0.1) is 29.2 Å². The summed E-state index contributed by atoms with van der Waals surface area (Å²) in [5, 5.41) is 4.82. The molecule has 0 fully saturated rings. The number of hydrogen-bond donors (Lipinski definition) is 1. The number of nitrogens with zero attached hydrogens (tertiary/aromatic N) is 3. The standard InChI is InChI=1S/C21H24N4O2/c1-6-27-17-12-11-15-9-7-8-10-16(15)18(17)20(26)24-19-13(2)22-21(25(4)5)23-14(19)3/h7-12H,6H2,1-5H3,(H,24,26). The van der Waals surface area contributed by atoms with Crippen molar-refractivity contribution in [2.45, 2.75) is 20.8 Å². The summed E-state index contributed by atoms with van der Waals surface area (Å²) in [7, 11) is 3.77. The number of amides is 1. The minimum atomic E-state index is -0.234. The predicted octanol–water partition coefficient (Wildman–Crippen LogP) is 3.96. The summed E-state index contributed by atoms with van der Waals surface area (Å²) in [6, 6.07) is 11.6. The molecule has 0 saturated carbocycles. The Morgan fingerprint density at radius 2 is 1.74 bits per heavy atom. The van der Waals surface area contributed by atoms with Gasteiger partial charge in [0.2, 0.25) is 5.95 Å². The zero-order valence-electron chi connectivity index (χ0n) is 16.3. The van der Waals surface area contributed by atoms with Crippen LogP contribution in [0.3, 0.4) is 0 Å². The molecule has 6 nitrogen and oxygen atoms in total. The Hall–Kier alpha value is -3.15. The van der Waals surface area contributed by atoms with E-state index in [4.69, 9.17) is 4.74 Å². The van der Waals surface area contributed by atoms with Gasteiger partial charge in [-0.15, -0.1) is 0 Å². The molecule has 1 amide bonds. The Kier molecular flexibility index (Phi) is 5.26. The highest BCUT2D eigenvalue weighted by molar-refractivity contribution is 6.15. The summed E-state index contributed by atoms with van der Waals surface area (Å²) in [6.45, 7) is 6.12. The van der Waals surface area contributed by atoms with Crippen LogP contribution in [0.4, 0.5) is 11.6 Å². The number of nitrogens with one attached hydrogen (secondary N) is 1. The van der Waals surface area contributed by atoms with Gasteiger partial charge in [-0.3, -0.25) is 4.79 Å². The Morgan fingerprint density at radius 3 is 2.37 bits per heavy atom. The molecule has 0 aliphatic rings. The van der Waals surface area contributed by atoms with Gasteiger partial charge in [-0.25, -0.2) is 9.97 Å². The monoisotopic (exact) mass is 364 g/mol. The molecule has 3 rings (SSSR count). The zero-order valence-corrected chi connectivity index (χ0v) is 16.3. The predicted molar refractivity (Wildman–Crippen MR) is 109 cm³/mol. The number of aromatic nitrogens is 2. The van der Waals surface area contributed by atoms with Crippen LogP contribution in [0.1, 0.15) is 28.7 Å². The number of anilines is 2. The van der Waals surface area contributed by atoms with E-state index in [2.05, 4.69) is 15.3 Å². The summed E-state index contributed by atoms with van der Waals surface area (Å²) in [5.74, 6) is 0.945. The molecule has 2 aromatic carbocycles. The van der Waals surface area contributed by atoms with E-state index in [9.17, 15) is 4.79 Å². The molecule has 0 atom stereocenters. The highest BCUT2D eigenvalue weighted by atomic mass is 16.5. The van der Waals surface area contributed by atoms with Gasteiger partial charge in [0.1, 0.15) is 5.75 Å². The Labute approximate surface area is 159 Å². The molecule has 0 unspecified atom stereocenters. The van der Waals surface area contributed by atoms with Crippen molar-refractivity contribution in [2.75, 3.05) is 30.9 Å². The first-order chi connectivity index (χ1) is 12.9. The van der Waals surface area contributed by atoms with E-state index in [1.54, 1.807) is 0 Å². The number of carbonyl (C=O) groups excluding carboxylic acids is 1. The van der Waals surface area contributed by atoms with Crippen molar-refractivity contribution >= 4 is 28.3 Å². The van der Waals surface area contributed by atoms with Crippen LogP contribution in [0.25, 0.3) is 10.8 Å². The maximum Gasteiger partial charge on any atom is 0.260 e. The molecular weight excluding hydrogens is 340 g/mol. The normalized spacial score (nSPS) is 10.7. The van der Waals surface area contributed by atoms with Gasteiger partial charge in [-0.05, 0) is 37.6 Å². The van der Waals surface area contributed by atoms with Crippen LogP contribution in [0, 0.1) is 13.8 Å². The van der Waals surface area contributed by atoms with E-state index in [1.165, 1.54) is 0 Å². The Balaban J connectivity index is 2.06. The molecule has 0 radical (unpaired) electrons. The second-order valence-electron chi connectivity index (χ2n) is 6.51. The summed E-state index contributed by atoms with van der Waals surface area (Å²) >= 11 is 0. The van der Waals surface area contributed by atoms with Gasteiger partial charge in [0.15, 0.2) is 0 Å². The number of benzene rings is 2. The van der Waals surface area contributed by atoms with Crippen molar-refractivity contribution in [3.63, 3.8) is 0 Å². The van der Waals surface area contributed by atoms with Crippen LogP contribution in [0.15, 0.2) is 36.4 Å². The largest absolute Gasteiger partial charge is 0.493 e. The summed E-state index contributed by atoms with van der Waals surface area (Å²) < 4.78 is 5.72. The van der Waals surface area contributed by atoms with Gasteiger partial charge in [-0.1, -0.05) is 30.3 Å². The molecule has 1 aromatic heterocycles. The molecule has 3 aromatic rings. The van der Waals surface area contributed by atoms with Crippen molar-refractivity contribution in [2.24, 2.45) is 0 Å². The molecule has 6 heteroatoms. The van der Waals surface area contributed by atoms with E-state index in [0.29, 0.717) is 29.6 Å². The first-order valence-electron chi connectivity index (χ1n) is 8.90. The Bertz CT molecular complexity index is 976. The van der Waals surface area contributed by atoms with Gasteiger partial charge in [0, 0.05) is 14.1 Å². The highest BCUT2D eigenvalue weighted by Crippen LogP contribution is 2.30. The fourth-order valence-electron chi connectivity index (χ4n) is 3.02. The lowest BCUT2D eigenvalue weighted by molar-refractivity contribution is 0.102. The first kappa shape index (κ1) is 18.6. The maximum atomic E-state index is 13.2. The van der Waals surface area contributed by atoms with Crippen molar-refractivity contribution < 1.29 is 9.53 Å². The summed E-state index contributed by atoms with van der Waals surface area (Å²) in [5.41, 5.74) is 2.59. The first-order valence-corrected chi connectivity index (χ1v) is 8.90. The second-order valence-corrected chi connectivity index (χ2v) is 6.51. The smallest absolute Gasteiger partial charge is 0.260 e. The second kappa shape index (κ2) is 7.61. The fraction of sp³-hybridized carbons (Fsp3) is 0.286. The topological polar surface area (TPSA) is 67.3 Å². The van der Waals surface area contributed by atoms with E-state index in [-0.39, 0.29) is 5.91 Å². The van der Waals surface area contributed by atoms with Crippen LogP contribution in [-0.4, -0.2) is 36.6 Å². The lowest BCUT2D eigenvalue weighted by Crippen LogP contribution is -2.19. The fourth-order valence-corrected chi connectivity index (χ4v) is 3.02. The molecular formula is C21H24N4O2. The zero-order chi connectivity index (χ0) is 19.6. The van der Waals surface area contributed by atoms with Gasteiger partial charge >= 0.3 is 0 Å². The van der Waals surface area contributed by atoms with Gasteiger partial charge in [-0.2, -0.15) is 0 Å². The number of fused-ring (bicyclic) bond motifs is 1. The van der Waals surface area contributed by atoms with E-state index in [0.717, 1.165) is 22.2 Å².